The summed E-state index contributed by atoms with van der Waals surface area (Å²) in [5, 5.41) is 29.9. The van der Waals surface area contributed by atoms with Gasteiger partial charge < -0.3 is 20.6 Å². The molecule has 0 aliphatic carbocycles. The van der Waals surface area contributed by atoms with Gasteiger partial charge in [0.15, 0.2) is 5.17 Å². The molecule has 0 radical (unpaired) electrons. The summed E-state index contributed by atoms with van der Waals surface area (Å²) in [4.78, 5) is 26.0. The minimum absolute atomic E-state index is 0.0862. The molecule has 20 heavy (non-hydrogen) atoms. The molecule has 2 rings (SSSR count). The molecule has 8 heteroatoms. The Labute approximate surface area is 117 Å². The van der Waals surface area contributed by atoms with Crippen molar-refractivity contribution in [2.45, 2.75) is 0 Å². The first-order chi connectivity index (χ1) is 9.45. The average Bonchev–Trinajstić information content (AvgIpc) is 2.71. The quantitative estimate of drug-likeness (QED) is 0.610. The van der Waals surface area contributed by atoms with Crippen molar-refractivity contribution < 1.29 is 24.9 Å². The van der Waals surface area contributed by atoms with Crippen molar-refractivity contribution >= 4 is 34.9 Å². The van der Waals surface area contributed by atoms with Crippen molar-refractivity contribution in [3.63, 3.8) is 0 Å². The van der Waals surface area contributed by atoms with Gasteiger partial charge in [-0.05, 0) is 30.0 Å². The molecule has 0 bridgehead atoms. The Balaban J connectivity index is 2.21. The highest BCUT2D eigenvalue weighted by atomic mass is 32.2. The largest absolute Gasteiger partial charge is 0.508 e. The normalized spacial score (nSPS) is 18.5. The Bertz CT molecular complexity index is 639. The number of hydrogen-bond donors (Lipinski definition) is 4. The van der Waals surface area contributed by atoms with E-state index in [-0.39, 0.29) is 21.6 Å². The minimum atomic E-state index is -1.10. The van der Waals surface area contributed by atoms with Gasteiger partial charge in [0.05, 0.1) is 4.91 Å². The summed E-state index contributed by atoms with van der Waals surface area (Å²) in [5.74, 6) is -1.77. The fraction of sp³-hybridized carbons (Fsp3) is 0.0833. The number of amides is 1. The van der Waals surface area contributed by atoms with E-state index in [1.807, 2.05) is 0 Å². The Morgan fingerprint density at radius 2 is 2.15 bits per heavy atom. The van der Waals surface area contributed by atoms with Gasteiger partial charge in [0.25, 0.3) is 5.91 Å². The molecular weight excluding hydrogens is 284 g/mol. The lowest BCUT2D eigenvalue weighted by Crippen LogP contribution is -2.20. The van der Waals surface area contributed by atoms with E-state index in [9.17, 15) is 19.8 Å². The van der Waals surface area contributed by atoms with E-state index in [1.54, 1.807) is 0 Å². The summed E-state index contributed by atoms with van der Waals surface area (Å²) in [6.45, 7) is -0.430. The molecule has 7 nitrogen and oxygen atoms in total. The highest BCUT2D eigenvalue weighted by Crippen LogP contribution is 2.30. The van der Waals surface area contributed by atoms with Crippen LogP contribution in [0.2, 0.25) is 0 Å². The number of phenols is 2. The number of hydrogen-bond acceptors (Lipinski definition) is 6. The molecule has 0 saturated carbocycles. The second-order valence-corrected chi connectivity index (χ2v) is 4.85. The zero-order valence-electron chi connectivity index (χ0n) is 10.0. The van der Waals surface area contributed by atoms with Crippen LogP contribution in [-0.4, -0.2) is 38.9 Å². The number of thioether (sulfide) groups is 1. The smallest absolute Gasteiger partial charge is 0.325 e. The van der Waals surface area contributed by atoms with Crippen LogP contribution in [0.5, 0.6) is 11.5 Å². The zero-order chi connectivity index (χ0) is 14.7. The standard InChI is InChI=1S/C12H10N2O5S/c15-7-2-1-6(8(16)4-7)3-9-11(19)14-12(20-9)13-5-10(17)18/h1-4,15-16H,5H2,(H,17,18)(H,13,14,19)/b9-3-. The number of nitrogens with one attached hydrogen (secondary N) is 1. The number of aromatic hydroxyl groups is 2. The first-order valence-electron chi connectivity index (χ1n) is 5.45. The zero-order valence-corrected chi connectivity index (χ0v) is 10.8. The summed E-state index contributed by atoms with van der Waals surface area (Å²) in [6.07, 6.45) is 1.43. The van der Waals surface area contributed by atoms with E-state index in [4.69, 9.17) is 5.11 Å². The lowest BCUT2D eigenvalue weighted by atomic mass is 10.2. The third-order valence-electron chi connectivity index (χ3n) is 2.31. The molecule has 4 N–H and O–H groups in total. The van der Waals surface area contributed by atoms with E-state index < -0.39 is 18.4 Å². The number of aliphatic imine (C=N–C) groups is 1. The molecule has 0 atom stereocenters. The van der Waals surface area contributed by atoms with E-state index in [2.05, 4.69) is 10.3 Å². The van der Waals surface area contributed by atoms with Crippen molar-refractivity contribution in [1.29, 1.82) is 0 Å². The SMILES string of the molecule is O=C(O)CN=C1NC(=O)/C(=C/c2ccc(O)cc2O)S1. The molecule has 1 heterocycles. The van der Waals surface area contributed by atoms with Crippen LogP contribution in [0.15, 0.2) is 28.1 Å². The van der Waals surface area contributed by atoms with Crippen LogP contribution in [0.1, 0.15) is 5.56 Å². The molecule has 1 amide bonds. The molecule has 1 aliphatic rings. The summed E-state index contributed by atoms with van der Waals surface area (Å²) in [6, 6.07) is 3.99. The Morgan fingerprint density at radius 3 is 2.80 bits per heavy atom. The Kier molecular flexibility index (Phi) is 3.94. The van der Waals surface area contributed by atoms with Crippen LogP contribution in [-0.2, 0) is 9.59 Å². The van der Waals surface area contributed by atoms with Crippen LogP contribution in [0.4, 0.5) is 0 Å². The van der Waals surface area contributed by atoms with Gasteiger partial charge in [-0.3, -0.25) is 14.6 Å². The van der Waals surface area contributed by atoms with E-state index >= 15 is 0 Å². The summed E-state index contributed by atoms with van der Waals surface area (Å²) in [7, 11) is 0. The van der Waals surface area contributed by atoms with E-state index in [0.717, 1.165) is 17.8 Å². The van der Waals surface area contributed by atoms with Gasteiger partial charge in [0, 0.05) is 11.6 Å². The number of carboxylic acids is 1. The van der Waals surface area contributed by atoms with E-state index in [1.165, 1.54) is 18.2 Å². The van der Waals surface area contributed by atoms with Gasteiger partial charge in [-0.2, -0.15) is 0 Å². The number of carbonyl (C=O) groups excluding carboxylic acids is 1. The fourth-order valence-electron chi connectivity index (χ4n) is 1.44. The molecule has 104 valence electrons. The minimum Gasteiger partial charge on any atom is -0.508 e. The lowest BCUT2D eigenvalue weighted by Gasteiger charge is -2.00. The molecule has 0 unspecified atom stereocenters. The number of nitrogens with zero attached hydrogens (tertiary/aromatic N) is 1. The fourth-order valence-corrected chi connectivity index (χ4v) is 2.25. The second-order valence-electron chi connectivity index (χ2n) is 3.82. The summed E-state index contributed by atoms with van der Waals surface area (Å²) >= 11 is 0.982. The van der Waals surface area contributed by atoms with Gasteiger partial charge in [-0.15, -0.1) is 0 Å². The van der Waals surface area contributed by atoms with Crippen LogP contribution < -0.4 is 5.32 Å². The third kappa shape index (κ3) is 3.29. The number of carbonyl (C=O) groups is 2. The topological polar surface area (TPSA) is 119 Å². The van der Waals surface area contributed by atoms with Crippen LogP contribution >= 0.6 is 11.8 Å². The maximum atomic E-state index is 11.7. The number of rotatable bonds is 3. The summed E-state index contributed by atoms with van der Waals surface area (Å²) in [5.41, 5.74) is 0.361. The number of benzene rings is 1. The van der Waals surface area contributed by atoms with Crippen LogP contribution in [0, 0.1) is 0 Å². The maximum absolute atomic E-state index is 11.7. The molecule has 0 spiro atoms. The van der Waals surface area contributed by atoms with Crippen molar-refractivity contribution in [2.75, 3.05) is 6.54 Å². The lowest BCUT2D eigenvalue weighted by molar-refractivity contribution is -0.135. The Hall–Kier alpha value is -2.48. The number of phenolic OH excluding ortho intramolecular Hbond substituents is 2. The van der Waals surface area contributed by atoms with Crippen molar-refractivity contribution in [2.24, 2.45) is 4.99 Å². The van der Waals surface area contributed by atoms with Crippen LogP contribution in [0.25, 0.3) is 6.08 Å². The monoisotopic (exact) mass is 294 g/mol. The molecule has 1 saturated heterocycles. The van der Waals surface area contributed by atoms with Crippen LogP contribution in [0.3, 0.4) is 0 Å². The highest BCUT2D eigenvalue weighted by Gasteiger charge is 2.24. The van der Waals surface area contributed by atoms with Gasteiger partial charge in [-0.25, -0.2) is 0 Å². The number of amidine groups is 1. The van der Waals surface area contributed by atoms with Gasteiger partial charge in [-0.1, -0.05) is 0 Å². The van der Waals surface area contributed by atoms with Gasteiger partial charge in [0.1, 0.15) is 18.0 Å². The predicted octanol–water partition coefficient (Wildman–Crippen LogP) is 0.742. The molecule has 1 aromatic carbocycles. The molecule has 1 aliphatic heterocycles. The number of aliphatic carboxylic acids is 1. The molecular formula is C12H10N2O5S. The van der Waals surface area contributed by atoms with Crippen molar-refractivity contribution in [3.05, 3.63) is 28.7 Å². The first kappa shape index (κ1) is 13.9. The van der Waals surface area contributed by atoms with Gasteiger partial charge in [0.2, 0.25) is 0 Å². The number of carboxylic acid groups (broad SMARTS) is 1. The molecule has 1 fully saturated rings. The second kappa shape index (κ2) is 5.66. The Morgan fingerprint density at radius 1 is 1.40 bits per heavy atom. The first-order valence-corrected chi connectivity index (χ1v) is 6.26. The highest BCUT2D eigenvalue weighted by molar-refractivity contribution is 8.18. The van der Waals surface area contributed by atoms with Gasteiger partial charge >= 0.3 is 5.97 Å². The summed E-state index contributed by atoms with van der Waals surface area (Å²) < 4.78 is 0. The molecule has 1 aromatic rings. The maximum Gasteiger partial charge on any atom is 0.325 e. The van der Waals surface area contributed by atoms with E-state index in [0.29, 0.717) is 5.56 Å². The average molecular weight is 294 g/mol. The predicted molar refractivity (Wildman–Crippen MR) is 73.4 cm³/mol. The van der Waals surface area contributed by atoms with Crippen molar-refractivity contribution in [1.82, 2.24) is 5.32 Å². The third-order valence-corrected chi connectivity index (χ3v) is 3.26. The molecule has 0 aromatic heterocycles. The van der Waals surface area contributed by atoms with Crippen molar-refractivity contribution in [3.8, 4) is 11.5 Å².